The Morgan fingerprint density at radius 1 is 1.29 bits per heavy atom. The van der Waals surface area contributed by atoms with Gasteiger partial charge in [0, 0.05) is 31.3 Å². The van der Waals surface area contributed by atoms with Crippen molar-refractivity contribution >= 4 is 5.82 Å². The topological polar surface area (TPSA) is 64.0 Å². The Morgan fingerprint density at radius 3 is 3.05 bits per heavy atom. The van der Waals surface area contributed by atoms with Crippen LogP contribution in [0.15, 0.2) is 30.9 Å². The summed E-state index contributed by atoms with van der Waals surface area (Å²) in [5.74, 6) is 1.78. The van der Waals surface area contributed by atoms with E-state index >= 15 is 0 Å². The summed E-state index contributed by atoms with van der Waals surface area (Å²) in [6.07, 6.45) is 8.93. The quantitative estimate of drug-likeness (QED) is 0.846. The zero-order valence-electron chi connectivity index (χ0n) is 12.1. The molecule has 3 rings (SSSR count). The molecule has 0 bridgehead atoms. The molecule has 0 spiro atoms. The van der Waals surface area contributed by atoms with E-state index in [1.165, 1.54) is 0 Å². The third-order valence-electron chi connectivity index (χ3n) is 3.63. The molecule has 0 aromatic carbocycles. The first-order valence-corrected chi connectivity index (χ1v) is 7.22. The number of anilines is 1. The third-order valence-corrected chi connectivity index (χ3v) is 3.63. The first kappa shape index (κ1) is 13.9. The van der Waals surface area contributed by atoms with E-state index in [2.05, 4.69) is 24.8 Å². The van der Waals surface area contributed by atoms with Crippen molar-refractivity contribution in [3.8, 4) is 0 Å². The molecular formula is C15H19N5O. The Bertz CT molecular complexity index is 577. The largest absolute Gasteiger partial charge is 0.377 e. The minimum Gasteiger partial charge on any atom is -0.377 e. The van der Waals surface area contributed by atoms with Crippen molar-refractivity contribution in [2.45, 2.75) is 25.8 Å². The highest BCUT2D eigenvalue weighted by Crippen LogP contribution is 2.20. The molecule has 110 valence electrons. The number of hydrogen-bond acceptors (Lipinski definition) is 6. The molecule has 0 aliphatic carbocycles. The molecule has 0 saturated carbocycles. The molecule has 1 fully saturated rings. The van der Waals surface area contributed by atoms with E-state index in [0.717, 1.165) is 49.9 Å². The van der Waals surface area contributed by atoms with Gasteiger partial charge in [-0.1, -0.05) is 0 Å². The monoisotopic (exact) mass is 285 g/mol. The highest BCUT2D eigenvalue weighted by Gasteiger charge is 2.24. The lowest BCUT2D eigenvalue weighted by Crippen LogP contribution is -2.46. The Kier molecular flexibility index (Phi) is 4.35. The zero-order valence-corrected chi connectivity index (χ0v) is 12.1. The molecule has 0 amide bonds. The van der Waals surface area contributed by atoms with Crippen molar-refractivity contribution in [3.05, 3.63) is 42.4 Å². The Labute approximate surface area is 124 Å². The fourth-order valence-corrected chi connectivity index (χ4v) is 2.57. The van der Waals surface area contributed by atoms with Crippen molar-refractivity contribution in [1.82, 2.24) is 19.9 Å². The van der Waals surface area contributed by atoms with Crippen molar-refractivity contribution in [1.29, 1.82) is 0 Å². The van der Waals surface area contributed by atoms with E-state index in [9.17, 15) is 0 Å². The predicted octanol–water partition coefficient (Wildman–Crippen LogP) is 1.41. The summed E-state index contributed by atoms with van der Waals surface area (Å²) in [5, 5.41) is 0. The molecule has 6 heteroatoms. The molecule has 1 aliphatic rings. The van der Waals surface area contributed by atoms with Gasteiger partial charge in [0.25, 0.3) is 0 Å². The van der Waals surface area contributed by atoms with E-state index in [0.29, 0.717) is 6.04 Å². The minimum atomic E-state index is 0.315. The molecule has 21 heavy (non-hydrogen) atoms. The number of hydrogen-bond donors (Lipinski definition) is 0. The van der Waals surface area contributed by atoms with Crippen LogP contribution in [-0.4, -0.2) is 45.7 Å². The molecule has 2 aromatic heterocycles. The van der Waals surface area contributed by atoms with Crippen LogP contribution in [0, 0.1) is 6.92 Å². The van der Waals surface area contributed by atoms with Crippen molar-refractivity contribution in [2.75, 3.05) is 24.7 Å². The molecule has 1 unspecified atom stereocenters. The molecule has 1 atom stereocenters. The van der Waals surface area contributed by atoms with Gasteiger partial charge in [0.05, 0.1) is 24.9 Å². The summed E-state index contributed by atoms with van der Waals surface area (Å²) in [5.41, 5.74) is 1.02. The van der Waals surface area contributed by atoms with Gasteiger partial charge >= 0.3 is 0 Å². The molecule has 3 heterocycles. The predicted molar refractivity (Wildman–Crippen MR) is 79.1 cm³/mol. The molecule has 1 saturated heterocycles. The molecule has 1 aliphatic heterocycles. The minimum absolute atomic E-state index is 0.315. The average molecular weight is 285 g/mol. The van der Waals surface area contributed by atoms with Gasteiger partial charge in [0.2, 0.25) is 0 Å². The fraction of sp³-hybridized carbons (Fsp3) is 0.467. The summed E-state index contributed by atoms with van der Waals surface area (Å²) in [7, 11) is 0. The first-order valence-electron chi connectivity index (χ1n) is 7.22. The highest BCUT2D eigenvalue weighted by atomic mass is 16.5. The van der Waals surface area contributed by atoms with Gasteiger partial charge in [0.15, 0.2) is 0 Å². The van der Waals surface area contributed by atoms with Gasteiger partial charge in [-0.2, -0.15) is 0 Å². The number of rotatable bonds is 4. The van der Waals surface area contributed by atoms with Crippen LogP contribution in [0.5, 0.6) is 0 Å². The number of aryl methyl sites for hydroxylation is 2. The standard InChI is InChI=1S/C15H19N5O/c1-12-17-5-4-15(19-12)20-8-9-21-11-14(20)3-2-13-10-16-6-7-18-13/h4-7,10,14H,2-3,8-9,11H2,1H3. The van der Waals surface area contributed by atoms with Gasteiger partial charge < -0.3 is 9.64 Å². The maximum Gasteiger partial charge on any atom is 0.132 e. The lowest BCUT2D eigenvalue weighted by Gasteiger charge is -2.36. The van der Waals surface area contributed by atoms with E-state index in [1.807, 2.05) is 25.4 Å². The van der Waals surface area contributed by atoms with Crippen molar-refractivity contribution in [2.24, 2.45) is 0 Å². The van der Waals surface area contributed by atoms with Gasteiger partial charge in [0.1, 0.15) is 11.6 Å². The second kappa shape index (κ2) is 6.58. The van der Waals surface area contributed by atoms with Gasteiger partial charge in [-0.15, -0.1) is 0 Å². The molecule has 0 N–H and O–H groups in total. The van der Waals surface area contributed by atoms with Crippen LogP contribution in [0.4, 0.5) is 5.82 Å². The summed E-state index contributed by atoms with van der Waals surface area (Å²) in [6, 6.07) is 2.28. The van der Waals surface area contributed by atoms with Crippen LogP contribution in [-0.2, 0) is 11.2 Å². The third kappa shape index (κ3) is 3.52. The summed E-state index contributed by atoms with van der Waals surface area (Å²) in [6.45, 7) is 4.24. The first-order chi connectivity index (χ1) is 10.3. The lowest BCUT2D eigenvalue weighted by atomic mass is 10.1. The maximum absolute atomic E-state index is 5.63. The summed E-state index contributed by atoms with van der Waals surface area (Å²) < 4.78 is 5.63. The number of morpholine rings is 1. The van der Waals surface area contributed by atoms with Crippen LogP contribution < -0.4 is 4.90 Å². The van der Waals surface area contributed by atoms with Crippen LogP contribution in [0.2, 0.25) is 0 Å². The average Bonchev–Trinajstić information content (AvgIpc) is 2.54. The normalized spacial score (nSPS) is 18.7. The Balaban J connectivity index is 1.70. The van der Waals surface area contributed by atoms with E-state index < -0.39 is 0 Å². The van der Waals surface area contributed by atoms with E-state index in [-0.39, 0.29) is 0 Å². The van der Waals surface area contributed by atoms with Crippen LogP contribution in [0.1, 0.15) is 17.9 Å². The Hall–Kier alpha value is -2.08. The van der Waals surface area contributed by atoms with E-state index in [1.54, 1.807) is 12.4 Å². The molecule has 6 nitrogen and oxygen atoms in total. The van der Waals surface area contributed by atoms with Crippen molar-refractivity contribution < 1.29 is 4.74 Å². The van der Waals surface area contributed by atoms with Gasteiger partial charge in [-0.25, -0.2) is 9.97 Å². The SMILES string of the molecule is Cc1nccc(N2CCOCC2CCc2cnccn2)n1. The van der Waals surface area contributed by atoms with Crippen LogP contribution in [0.3, 0.4) is 0 Å². The summed E-state index contributed by atoms with van der Waals surface area (Å²) in [4.78, 5) is 19.5. The van der Waals surface area contributed by atoms with Crippen LogP contribution >= 0.6 is 0 Å². The maximum atomic E-state index is 5.63. The second-order valence-corrected chi connectivity index (χ2v) is 5.12. The lowest BCUT2D eigenvalue weighted by molar-refractivity contribution is 0.0911. The van der Waals surface area contributed by atoms with Gasteiger partial charge in [-0.05, 0) is 25.8 Å². The number of ether oxygens (including phenoxy) is 1. The second-order valence-electron chi connectivity index (χ2n) is 5.12. The number of aromatic nitrogens is 4. The zero-order chi connectivity index (χ0) is 14.5. The van der Waals surface area contributed by atoms with Gasteiger partial charge in [-0.3, -0.25) is 9.97 Å². The molecular weight excluding hydrogens is 266 g/mol. The highest BCUT2D eigenvalue weighted by molar-refractivity contribution is 5.39. The fourth-order valence-electron chi connectivity index (χ4n) is 2.57. The smallest absolute Gasteiger partial charge is 0.132 e. The molecule has 0 radical (unpaired) electrons. The van der Waals surface area contributed by atoms with E-state index in [4.69, 9.17) is 4.74 Å². The summed E-state index contributed by atoms with van der Waals surface area (Å²) >= 11 is 0. The Morgan fingerprint density at radius 2 is 2.24 bits per heavy atom. The van der Waals surface area contributed by atoms with Crippen LogP contribution in [0.25, 0.3) is 0 Å². The number of nitrogens with zero attached hydrogens (tertiary/aromatic N) is 5. The molecule has 2 aromatic rings. The van der Waals surface area contributed by atoms with Crippen molar-refractivity contribution in [3.63, 3.8) is 0 Å².